The van der Waals surface area contributed by atoms with Crippen molar-refractivity contribution in [2.24, 2.45) is 11.8 Å². The van der Waals surface area contributed by atoms with Crippen LogP contribution in [0.5, 0.6) is 0 Å². The summed E-state index contributed by atoms with van der Waals surface area (Å²) in [5.41, 5.74) is 1.98. The number of carboxylic acid groups (broad SMARTS) is 1. The lowest BCUT2D eigenvalue weighted by Gasteiger charge is -2.25. The number of nitrogens with zero attached hydrogens (tertiary/aromatic N) is 2. The Bertz CT molecular complexity index is 719. The molecule has 110 valence electrons. The maximum absolute atomic E-state index is 11.4. The second kappa shape index (κ2) is 4.58. The van der Waals surface area contributed by atoms with E-state index in [2.05, 4.69) is 16.5 Å². The van der Waals surface area contributed by atoms with Crippen LogP contribution in [-0.2, 0) is 6.42 Å². The molecule has 21 heavy (non-hydrogen) atoms. The number of para-hydroxylation sites is 1. The molecule has 1 heterocycles. The third-order valence-corrected chi connectivity index (χ3v) is 5.37. The smallest absolute Gasteiger partial charge is 0.337 e. The third-order valence-electron chi connectivity index (χ3n) is 5.37. The van der Waals surface area contributed by atoms with Crippen molar-refractivity contribution >= 4 is 17.0 Å². The lowest BCUT2D eigenvalue weighted by Crippen LogP contribution is -2.18. The van der Waals surface area contributed by atoms with Gasteiger partial charge in [-0.25, -0.2) is 9.78 Å². The summed E-state index contributed by atoms with van der Waals surface area (Å²) < 4.78 is 2.35. The molecule has 0 aliphatic heterocycles. The standard InChI is InChI=1S/C17H20N2O2/c1-2-15-18-16-12(17(20)21)4-3-5-13(16)19(15)14-9-10-6-7-11(14)8-10/h3-5,10-11,14H,2,6-9H2,1H3,(H,20,21). The highest BCUT2D eigenvalue weighted by molar-refractivity contribution is 6.01. The quantitative estimate of drug-likeness (QED) is 0.935. The van der Waals surface area contributed by atoms with Crippen molar-refractivity contribution < 1.29 is 9.90 Å². The minimum atomic E-state index is -0.888. The van der Waals surface area contributed by atoms with E-state index in [1.54, 1.807) is 6.07 Å². The van der Waals surface area contributed by atoms with Gasteiger partial charge in [0.2, 0.25) is 0 Å². The zero-order valence-electron chi connectivity index (χ0n) is 12.2. The van der Waals surface area contributed by atoms with Gasteiger partial charge in [-0.15, -0.1) is 0 Å². The summed E-state index contributed by atoms with van der Waals surface area (Å²) in [6, 6.07) is 6.05. The predicted octanol–water partition coefficient (Wildman–Crippen LogP) is 3.66. The van der Waals surface area contributed by atoms with Crippen LogP contribution < -0.4 is 0 Å². The normalized spacial score (nSPS) is 27.6. The number of imidazole rings is 1. The summed E-state index contributed by atoms with van der Waals surface area (Å²) in [5, 5.41) is 9.38. The van der Waals surface area contributed by atoms with Crippen LogP contribution in [0.1, 0.15) is 54.8 Å². The molecule has 0 radical (unpaired) electrons. The van der Waals surface area contributed by atoms with Gasteiger partial charge in [-0.2, -0.15) is 0 Å². The second-order valence-corrected chi connectivity index (χ2v) is 6.47. The predicted molar refractivity (Wildman–Crippen MR) is 80.6 cm³/mol. The molecule has 2 aliphatic carbocycles. The van der Waals surface area contributed by atoms with E-state index in [1.165, 1.54) is 25.7 Å². The van der Waals surface area contributed by atoms with Gasteiger partial charge < -0.3 is 9.67 Å². The van der Waals surface area contributed by atoms with Crippen molar-refractivity contribution in [3.63, 3.8) is 0 Å². The van der Waals surface area contributed by atoms with Gasteiger partial charge in [0.15, 0.2) is 0 Å². The van der Waals surface area contributed by atoms with Crippen LogP contribution in [0.4, 0.5) is 0 Å². The first-order valence-corrected chi connectivity index (χ1v) is 7.92. The highest BCUT2D eigenvalue weighted by atomic mass is 16.4. The fourth-order valence-corrected chi connectivity index (χ4v) is 4.48. The van der Waals surface area contributed by atoms with Crippen LogP contribution in [0, 0.1) is 11.8 Å². The molecular formula is C17H20N2O2. The average molecular weight is 284 g/mol. The van der Waals surface area contributed by atoms with Crippen molar-refractivity contribution in [2.75, 3.05) is 0 Å². The first-order chi connectivity index (χ1) is 10.2. The molecule has 1 N–H and O–H groups in total. The summed E-state index contributed by atoms with van der Waals surface area (Å²) >= 11 is 0. The Labute approximate surface area is 123 Å². The zero-order chi connectivity index (χ0) is 14.6. The van der Waals surface area contributed by atoms with Gasteiger partial charge in [0.1, 0.15) is 11.3 Å². The van der Waals surface area contributed by atoms with E-state index in [-0.39, 0.29) is 0 Å². The molecule has 2 bridgehead atoms. The molecule has 1 aromatic carbocycles. The van der Waals surface area contributed by atoms with Crippen LogP contribution in [0.25, 0.3) is 11.0 Å². The van der Waals surface area contributed by atoms with Gasteiger partial charge in [0, 0.05) is 12.5 Å². The molecule has 0 saturated heterocycles. The number of carboxylic acids is 1. The number of hydrogen-bond acceptors (Lipinski definition) is 2. The summed E-state index contributed by atoms with van der Waals surface area (Å²) in [6.45, 7) is 2.10. The monoisotopic (exact) mass is 284 g/mol. The van der Waals surface area contributed by atoms with Gasteiger partial charge in [-0.1, -0.05) is 19.4 Å². The summed E-state index contributed by atoms with van der Waals surface area (Å²) in [4.78, 5) is 16.1. The van der Waals surface area contributed by atoms with Crippen molar-refractivity contribution in [1.82, 2.24) is 9.55 Å². The molecule has 0 amide bonds. The molecule has 4 nitrogen and oxygen atoms in total. The number of benzene rings is 1. The fraction of sp³-hybridized carbons (Fsp3) is 0.529. The van der Waals surface area contributed by atoms with Crippen LogP contribution in [-0.4, -0.2) is 20.6 Å². The topological polar surface area (TPSA) is 55.1 Å². The van der Waals surface area contributed by atoms with E-state index < -0.39 is 5.97 Å². The number of aryl methyl sites for hydroxylation is 1. The molecule has 4 rings (SSSR count). The fourth-order valence-electron chi connectivity index (χ4n) is 4.48. The lowest BCUT2D eigenvalue weighted by molar-refractivity contribution is 0.0699. The Kier molecular flexibility index (Phi) is 2.81. The highest BCUT2D eigenvalue weighted by Gasteiger charge is 2.41. The van der Waals surface area contributed by atoms with E-state index in [0.717, 1.165) is 29.6 Å². The minimum absolute atomic E-state index is 0.323. The second-order valence-electron chi connectivity index (χ2n) is 6.47. The Morgan fingerprint density at radius 2 is 2.24 bits per heavy atom. The summed E-state index contributed by atoms with van der Waals surface area (Å²) in [7, 11) is 0. The van der Waals surface area contributed by atoms with Gasteiger partial charge >= 0.3 is 5.97 Å². The number of aromatic carboxylic acids is 1. The van der Waals surface area contributed by atoms with Crippen molar-refractivity contribution in [3.8, 4) is 0 Å². The van der Waals surface area contributed by atoms with Gasteiger partial charge in [-0.3, -0.25) is 0 Å². The molecule has 2 saturated carbocycles. The number of aromatic nitrogens is 2. The van der Waals surface area contributed by atoms with Crippen LogP contribution in [0.2, 0.25) is 0 Å². The molecule has 4 heteroatoms. The molecule has 2 fully saturated rings. The lowest BCUT2D eigenvalue weighted by atomic mass is 9.94. The summed E-state index contributed by atoms with van der Waals surface area (Å²) in [5.74, 6) is 1.77. The minimum Gasteiger partial charge on any atom is -0.478 e. The maximum atomic E-state index is 11.4. The van der Waals surface area contributed by atoms with E-state index >= 15 is 0 Å². The maximum Gasteiger partial charge on any atom is 0.337 e. The third kappa shape index (κ3) is 1.81. The molecule has 3 atom stereocenters. The highest BCUT2D eigenvalue weighted by Crippen LogP contribution is 2.51. The molecular weight excluding hydrogens is 264 g/mol. The van der Waals surface area contributed by atoms with Gasteiger partial charge in [-0.05, 0) is 43.2 Å². The van der Waals surface area contributed by atoms with Crippen LogP contribution in [0.3, 0.4) is 0 Å². The van der Waals surface area contributed by atoms with Gasteiger partial charge in [0.25, 0.3) is 0 Å². The van der Waals surface area contributed by atoms with Crippen LogP contribution in [0.15, 0.2) is 18.2 Å². The molecule has 3 unspecified atom stereocenters. The largest absolute Gasteiger partial charge is 0.478 e. The van der Waals surface area contributed by atoms with Crippen molar-refractivity contribution in [3.05, 3.63) is 29.6 Å². The Morgan fingerprint density at radius 1 is 1.38 bits per heavy atom. The molecule has 1 aromatic heterocycles. The first-order valence-electron chi connectivity index (χ1n) is 7.92. The number of carbonyl (C=O) groups is 1. The van der Waals surface area contributed by atoms with E-state index in [4.69, 9.17) is 0 Å². The van der Waals surface area contributed by atoms with Gasteiger partial charge in [0.05, 0.1) is 11.1 Å². The first kappa shape index (κ1) is 12.9. The van der Waals surface area contributed by atoms with Crippen molar-refractivity contribution in [1.29, 1.82) is 0 Å². The molecule has 2 aliphatic rings. The number of hydrogen-bond donors (Lipinski definition) is 1. The van der Waals surface area contributed by atoms with E-state index in [9.17, 15) is 9.90 Å². The van der Waals surface area contributed by atoms with Crippen LogP contribution >= 0.6 is 0 Å². The van der Waals surface area contributed by atoms with E-state index in [0.29, 0.717) is 17.1 Å². The SMILES string of the molecule is CCc1nc2c(C(=O)O)cccc2n1C1CC2CCC1C2. The molecule has 0 spiro atoms. The number of rotatable bonds is 3. The van der Waals surface area contributed by atoms with Crippen molar-refractivity contribution in [2.45, 2.75) is 45.1 Å². The van der Waals surface area contributed by atoms with E-state index in [1.807, 2.05) is 12.1 Å². The number of fused-ring (bicyclic) bond motifs is 3. The average Bonchev–Trinajstić information content (AvgIpc) is 3.18. The zero-order valence-corrected chi connectivity index (χ0v) is 12.2. The summed E-state index contributed by atoms with van der Waals surface area (Å²) in [6.07, 6.45) is 6.11. The molecule has 2 aromatic rings. The Hall–Kier alpha value is -1.84. The Balaban J connectivity index is 1.91. The Morgan fingerprint density at radius 3 is 2.86 bits per heavy atom.